The van der Waals surface area contributed by atoms with Gasteiger partial charge in [0.1, 0.15) is 54.9 Å². The second-order valence-corrected chi connectivity index (χ2v) is 16.6. The Morgan fingerprint density at radius 3 is 1.34 bits per heavy atom. The average Bonchev–Trinajstić information content (AvgIpc) is 3.31. The molecule has 10 heteroatoms. The highest BCUT2D eigenvalue weighted by atomic mass is 15.0. The molecule has 10 rings (SSSR count). The van der Waals surface area contributed by atoms with Crippen LogP contribution in [0, 0.1) is 0 Å². The van der Waals surface area contributed by atoms with E-state index in [1.807, 2.05) is 0 Å². The first-order valence-electron chi connectivity index (χ1n) is 21.2. The highest BCUT2D eigenvalue weighted by molar-refractivity contribution is 6.71. The van der Waals surface area contributed by atoms with Crippen molar-refractivity contribution in [1.29, 1.82) is 0 Å². The Bertz CT molecular complexity index is 3400. The predicted molar refractivity (Wildman–Crippen MR) is 282 cm³/mol. The molecule has 0 N–H and O–H groups in total. The number of aromatic nitrogens is 3. The summed E-state index contributed by atoms with van der Waals surface area (Å²) in [5, 5.41) is 7.46. The second-order valence-electron chi connectivity index (χ2n) is 16.6. The maximum absolute atomic E-state index is 5.30. The molecule has 9 aromatic carbocycles. The van der Waals surface area contributed by atoms with E-state index in [9.17, 15) is 0 Å². The summed E-state index contributed by atoms with van der Waals surface area (Å²) in [6, 6.07) is 56.2. The molecule has 0 bridgehead atoms. The van der Waals surface area contributed by atoms with Crippen molar-refractivity contribution in [2.75, 3.05) is 0 Å². The molecule has 0 amide bonds. The van der Waals surface area contributed by atoms with Gasteiger partial charge in [0, 0.05) is 16.7 Å². The zero-order valence-corrected chi connectivity index (χ0v) is 35.9. The molecule has 0 aliphatic rings. The first kappa shape index (κ1) is 38.4. The lowest BCUT2D eigenvalue weighted by Gasteiger charge is -2.25. The van der Waals surface area contributed by atoms with Crippen molar-refractivity contribution in [3.05, 3.63) is 158 Å². The van der Waals surface area contributed by atoms with Crippen molar-refractivity contribution in [2.45, 2.75) is 0 Å². The summed E-state index contributed by atoms with van der Waals surface area (Å²) in [4.78, 5) is 15.8. The predicted octanol–water partition coefficient (Wildman–Crippen LogP) is 1.14. The molecule has 1 aromatic heterocycles. The molecule has 0 radical (unpaired) electrons. The van der Waals surface area contributed by atoms with E-state index < -0.39 is 0 Å². The van der Waals surface area contributed by atoms with Gasteiger partial charge in [0.25, 0.3) is 0 Å². The van der Waals surface area contributed by atoms with Crippen LogP contribution in [0.2, 0.25) is 0 Å². The number of fused-ring (bicyclic) bond motifs is 3. The maximum Gasteiger partial charge on any atom is 0.164 e. The van der Waals surface area contributed by atoms with Gasteiger partial charge < -0.3 is 0 Å². The third kappa shape index (κ3) is 6.62. The van der Waals surface area contributed by atoms with E-state index in [0.29, 0.717) is 17.5 Å². The lowest BCUT2D eigenvalue weighted by Crippen LogP contribution is -2.52. The smallest absolute Gasteiger partial charge is 0.164 e. The van der Waals surface area contributed by atoms with Crippen LogP contribution in [0.25, 0.3) is 99.9 Å². The van der Waals surface area contributed by atoms with E-state index in [1.54, 1.807) is 0 Å². The van der Waals surface area contributed by atoms with Gasteiger partial charge in [0.05, 0.1) is 0 Å². The van der Waals surface area contributed by atoms with Crippen LogP contribution in [-0.2, 0) is 0 Å². The number of benzene rings is 9. The Hall–Kier alpha value is -6.78. The van der Waals surface area contributed by atoms with E-state index in [2.05, 4.69) is 213 Å². The van der Waals surface area contributed by atoms with Gasteiger partial charge in [-0.3, -0.25) is 0 Å². The molecule has 0 aliphatic carbocycles. The number of nitrogens with zero attached hydrogens (tertiary/aromatic N) is 3. The Morgan fingerprint density at radius 1 is 0.279 bits per heavy atom. The Kier molecular flexibility index (Phi) is 9.67. The van der Waals surface area contributed by atoms with Crippen LogP contribution < -0.4 is 38.2 Å². The largest absolute Gasteiger partial charge is 0.208 e. The Balaban J connectivity index is 1.16. The molecule has 3 nitrogen and oxygen atoms in total. The van der Waals surface area contributed by atoms with Crippen LogP contribution in [0.4, 0.5) is 0 Å². The summed E-state index contributed by atoms with van der Waals surface area (Å²) < 4.78 is 0. The molecule has 0 fully saturated rings. The van der Waals surface area contributed by atoms with Crippen LogP contribution in [0.1, 0.15) is 0 Å². The van der Waals surface area contributed by atoms with Crippen molar-refractivity contribution in [3.63, 3.8) is 0 Å². The minimum absolute atomic E-state index is 0.635. The van der Waals surface area contributed by atoms with Crippen molar-refractivity contribution in [2.24, 2.45) is 0 Å². The van der Waals surface area contributed by atoms with Crippen LogP contribution in [0.15, 0.2) is 158 Å². The first-order valence-corrected chi connectivity index (χ1v) is 21.2. The highest BCUT2D eigenvalue weighted by Crippen LogP contribution is 2.37. The van der Waals surface area contributed by atoms with Gasteiger partial charge in [-0.2, -0.15) is 0 Å². The molecule has 280 valence electrons. The van der Waals surface area contributed by atoms with E-state index in [4.69, 9.17) is 15.0 Å². The lowest BCUT2D eigenvalue weighted by molar-refractivity contribution is 1.07. The van der Waals surface area contributed by atoms with Gasteiger partial charge in [0.15, 0.2) is 17.5 Å². The molecular formula is C51H40B7N3. The van der Waals surface area contributed by atoms with Gasteiger partial charge in [-0.25, -0.2) is 15.0 Å². The zero-order chi connectivity index (χ0) is 41.9. The fourth-order valence-electron chi connectivity index (χ4n) is 9.45. The normalized spacial score (nSPS) is 11.4. The van der Waals surface area contributed by atoms with Crippen molar-refractivity contribution in [1.82, 2.24) is 15.0 Å². The summed E-state index contributed by atoms with van der Waals surface area (Å²) >= 11 is 0. The lowest BCUT2D eigenvalue weighted by atomic mass is 9.59. The zero-order valence-electron chi connectivity index (χ0n) is 35.9. The summed E-state index contributed by atoms with van der Waals surface area (Å²) in [6.07, 6.45) is 0. The van der Waals surface area contributed by atoms with Crippen LogP contribution in [0.5, 0.6) is 0 Å². The van der Waals surface area contributed by atoms with E-state index in [0.717, 1.165) is 33.2 Å². The molecule has 61 heavy (non-hydrogen) atoms. The highest BCUT2D eigenvalue weighted by Gasteiger charge is 2.21. The third-order valence-corrected chi connectivity index (χ3v) is 13.3. The van der Waals surface area contributed by atoms with Gasteiger partial charge >= 0.3 is 0 Å². The van der Waals surface area contributed by atoms with E-state index >= 15 is 0 Å². The number of hydrogen-bond acceptors (Lipinski definition) is 3. The molecule has 0 saturated heterocycles. The summed E-state index contributed by atoms with van der Waals surface area (Å²) in [5.74, 6) is 1.92. The molecule has 1 heterocycles. The minimum Gasteiger partial charge on any atom is -0.208 e. The molecule has 0 saturated carbocycles. The van der Waals surface area contributed by atoms with Crippen LogP contribution in [-0.4, -0.2) is 69.9 Å². The summed E-state index contributed by atoms with van der Waals surface area (Å²) in [7, 11) is 15.9. The maximum atomic E-state index is 5.30. The van der Waals surface area contributed by atoms with Gasteiger partial charge in [-0.1, -0.05) is 161 Å². The number of hydrogen-bond donors (Lipinski definition) is 0. The summed E-state index contributed by atoms with van der Waals surface area (Å²) in [6.45, 7) is 0. The first-order chi connectivity index (χ1) is 29.7. The SMILES string of the molecule is Bc1c(B)c(B)c2c(-c3cccc(-c4nc(-c5cccc(-c6ccc(-c7ccccc7)c7ccccc67)c5)nc(-c5ccc6ccccc6c5)n4)c3)c(B)c(B)c(B)c2c1B. The monoisotopic (exact) mass is 771 g/mol. The molecular weight excluding hydrogens is 730 g/mol. The fourth-order valence-corrected chi connectivity index (χ4v) is 9.45. The average molecular weight is 771 g/mol. The van der Waals surface area contributed by atoms with E-state index in [-0.39, 0.29) is 0 Å². The Labute approximate surface area is 364 Å². The van der Waals surface area contributed by atoms with Crippen molar-refractivity contribution >= 4 is 125 Å². The van der Waals surface area contributed by atoms with Crippen molar-refractivity contribution < 1.29 is 0 Å². The third-order valence-electron chi connectivity index (χ3n) is 13.3. The van der Waals surface area contributed by atoms with Crippen LogP contribution >= 0.6 is 0 Å². The van der Waals surface area contributed by atoms with Gasteiger partial charge in [-0.05, 0) is 83.9 Å². The molecule has 0 unspecified atom stereocenters. The molecule has 0 spiro atoms. The number of rotatable bonds is 6. The molecule has 0 aliphatic heterocycles. The summed E-state index contributed by atoms with van der Waals surface area (Å²) in [5.41, 5.74) is 19.4. The standard InChI is InChI=1S/C51H40B7N3/c52-42-39(40-41(44(54)46(42)56)45(55)48(58)47(57)43(40)53)31-15-9-17-33(26-31)50-59-49(60-51(61-50)34-21-20-27-10-4-5-13-29(27)24-34)32-16-8-14-30(25-32)36-23-22-35(28-11-2-1-3-12-28)37-18-6-7-19-38(36)37/h1-26H,52-58H2. The second kappa shape index (κ2) is 15.4. The topological polar surface area (TPSA) is 38.7 Å². The minimum atomic E-state index is 0.635. The molecule has 10 aromatic rings. The quantitative estimate of drug-likeness (QED) is 0.239. The Morgan fingerprint density at radius 2 is 0.721 bits per heavy atom. The molecule has 0 atom stereocenters. The van der Waals surface area contributed by atoms with Crippen molar-refractivity contribution in [3.8, 4) is 67.5 Å². The fraction of sp³-hybridized carbons (Fsp3) is 0. The van der Waals surface area contributed by atoms with Crippen LogP contribution in [0.3, 0.4) is 0 Å². The van der Waals surface area contributed by atoms with Gasteiger partial charge in [-0.15, -0.1) is 16.4 Å². The van der Waals surface area contributed by atoms with Gasteiger partial charge in [0.2, 0.25) is 0 Å². The van der Waals surface area contributed by atoms with E-state index in [1.165, 1.54) is 87.4 Å².